The molecule has 3 nitrogen and oxygen atoms in total. The molecule has 0 aliphatic rings. The maximum absolute atomic E-state index is 13.0. The summed E-state index contributed by atoms with van der Waals surface area (Å²) in [6.07, 6.45) is 1.19. The smallest absolute Gasteiger partial charge is 0.152 e. The lowest BCUT2D eigenvalue weighted by atomic mass is 10.1. The van der Waals surface area contributed by atoms with Crippen molar-refractivity contribution < 1.29 is 8.81 Å². The van der Waals surface area contributed by atoms with Gasteiger partial charge in [-0.1, -0.05) is 23.7 Å². The van der Waals surface area contributed by atoms with Gasteiger partial charge in [0.25, 0.3) is 0 Å². The third-order valence-electron chi connectivity index (χ3n) is 3.13. The summed E-state index contributed by atoms with van der Waals surface area (Å²) in [5.41, 5.74) is 1.33. The van der Waals surface area contributed by atoms with Crippen LogP contribution in [0.1, 0.15) is 17.5 Å². The molecule has 0 bridgehead atoms. The zero-order valence-corrected chi connectivity index (χ0v) is 11.5. The van der Waals surface area contributed by atoms with Crippen LogP contribution < -0.4 is 5.32 Å². The van der Waals surface area contributed by atoms with Gasteiger partial charge in [0.2, 0.25) is 0 Å². The molecule has 5 heteroatoms. The van der Waals surface area contributed by atoms with Gasteiger partial charge in [0, 0.05) is 5.39 Å². The number of furan rings is 1. The number of nitrogens with zero attached hydrogens (tertiary/aromatic N) is 1. The summed E-state index contributed by atoms with van der Waals surface area (Å²) in [7, 11) is 1.80. The Bertz CT molecular complexity index is 739. The van der Waals surface area contributed by atoms with Crippen LogP contribution in [0.5, 0.6) is 0 Å². The van der Waals surface area contributed by atoms with E-state index in [4.69, 9.17) is 16.0 Å². The molecule has 1 unspecified atom stereocenters. The SMILES string of the molecule is CNC(c1ccc(F)cn1)c1cc2cccc(Cl)c2o1. The Kier molecular flexibility index (Phi) is 3.42. The Morgan fingerprint density at radius 1 is 1.30 bits per heavy atom. The highest BCUT2D eigenvalue weighted by Gasteiger charge is 2.18. The third-order valence-corrected chi connectivity index (χ3v) is 3.43. The largest absolute Gasteiger partial charge is 0.457 e. The summed E-state index contributed by atoms with van der Waals surface area (Å²) in [5.74, 6) is 0.325. The molecule has 0 saturated heterocycles. The quantitative estimate of drug-likeness (QED) is 0.794. The van der Waals surface area contributed by atoms with E-state index in [1.165, 1.54) is 12.3 Å². The molecule has 2 aromatic heterocycles. The van der Waals surface area contributed by atoms with Crippen molar-refractivity contribution in [3.63, 3.8) is 0 Å². The van der Waals surface area contributed by atoms with E-state index in [0.29, 0.717) is 22.1 Å². The molecule has 0 radical (unpaired) electrons. The fourth-order valence-electron chi connectivity index (χ4n) is 2.18. The molecule has 0 aliphatic heterocycles. The second-order valence-corrected chi connectivity index (χ2v) is 4.84. The molecule has 0 amide bonds. The summed E-state index contributed by atoms with van der Waals surface area (Å²) in [4.78, 5) is 4.09. The highest BCUT2D eigenvalue weighted by atomic mass is 35.5. The highest BCUT2D eigenvalue weighted by Crippen LogP contribution is 2.31. The number of hydrogen-bond donors (Lipinski definition) is 1. The van der Waals surface area contributed by atoms with Crippen molar-refractivity contribution >= 4 is 22.6 Å². The first-order chi connectivity index (χ1) is 9.69. The predicted molar refractivity (Wildman–Crippen MR) is 76.3 cm³/mol. The van der Waals surface area contributed by atoms with Gasteiger partial charge in [-0.25, -0.2) is 4.39 Å². The minimum Gasteiger partial charge on any atom is -0.457 e. The maximum Gasteiger partial charge on any atom is 0.152 e. The monoisotopic (exact) mass is 290 g/mol. The Balaban J connectivity index is 2.07. The van der Waals surface area contributed by atoms with Crippen LogP contribution in [-0.4, -0.2) is 12.0 Å². The summed E-state index contributed by atoms with van der Waals surface area (Å²) >= 11 is 6.11. The first-order valence-electron chi connectivity index (χ1n) is 6.15. The van der Waals surface area contributed by atoms with Gasteiger partial charge in [0.1, 0.15) is 17.6 Å². The van der Waals surface area contributed by atoms with Gasteiger partial charge in [-0.2, -0.15) is 0 Å². The number of hydrogen-bond acceptors (Lipinski definition) is 3. The van der Waals surface area contributed by atoms with Gasteiger partial charge in [-0.3, -0.25) is 4.98 Å². The fraction of sp³-hybridized carbons (Fsp3) is 0.133. The second-order valence-electron chi connectivity index (χ2n) is 4.43. The van der Waals surface area contributed by atoms with Crippen LogP contribution in [0.4, 0.5) is 4.39 Å². The van der Waals surface area contributed by atoms with E-state index in [0.717, 1.165) is 5.39 Å². The van der Waals surface area contributed by atoms with Crippen molar-refractivity contribution in [2.45, 2.75) is 6.04 Å². The van der Waals surface area contributed by atoms with Crippen LogP contribution in [0.25, 0.3) is 11.0 Å². The van der Waals surface area contributed by atoms with E-state index < -0.39 is 0 Å². The average Bonchev–Trinajstić information content (AvgIpc) is 2.87. The van der Waals surface area contributed by atoms with E-state index in [9.17, 15) is 4.39 Å². The van der Waals surface area contributed by atoms with Crippen molar-refractivity contribution in [2.24, 2.45) is 0 Å². The molecule has 0 spiro atoms. The number of rotatable bonds is 3. The van der Waals surface area contributed by atoms with Gasteiger partial charge in [0.05, 0.1) is 16.9 Å². The molecule has 0 aliphatic carbocycles. The standard InChI is InChI=1S/C15H12ClFN2O/c1-18-14(12-6-5-10(17)8-19-12)13-7-9-3-2-4-11(16)15(9)20-13/h2-8,14,18H,1H3. The molecular formula is C15H12ClFN2O. The van der Waals surface area contributed by atoms with E-state index in [2.05, 4.69) is 10.3 Å². The van der Waals surface area contributed by atoms with Crippen LogP contribution in [0.3, 0.4) is 0 Å². The number of fused-ring (bicyclic) bond motifs is 1. The number of aromatic nitrogens is 1. The average molecular weight is 291 g/mol. The van der Waals surface area contributed by atoms with Crippen molar-refractivity contribution in [3.8, 4) is 0 Å². The lowest BCUT2D eigenvalue weighted by Crippen LogP contribution is -2.18. The first kappa shape index (κ1) is 13.1. The molecule has 102 valence electrons. The zero-order valence-electron chi connectivity index (χ0n) is 10.7. The van der Waals surface area contributed by atoms with Crippen molar-refractivity contribution in [3.05, 3.63) is 64.9 Å². The summed E-state index contributed by atoms with van der Waals surface area (Å²) < 4.78 is 18.8. The van der Waals surface area contributed by atoms with Gasteiger partial charge in [-0.05, 0) is 31.3 Å². The van der Waals surface area contributed by atoms with Crippen molar-refractivity contribution in [1.82, 2.24) is 10.3 Å². The Morgan fingerprint density at radius 3 is 2.80 bits per heavy atom. The van der Waals surface area contributed by atoms with Crippen LogP contribution in [0, 0.1) is 5.82 Å². The van der Waals surface area contributed by atoms with Gasteiger partial charge in [-0.15, -0.1) is 0 Å². The Morgan fingerprint density at radius 2 is 2.15 bits per heavy atom. The minimum absolute atomic E-state index is 0.251. The van der Waals surface area contributed by atoms with Crippen LogP contribution in [0.2, 0.25) is 5.02 Å². The topological polar surface area (TPSA) is 38.1 Å². The van der Waals surface area contributed by atoms with E-state index in [1.807, 2.05) is 18.2 Å². The van der Waals surface area contributed by atoms with E-state index >= 15 is 0 Å². The second kappa shape index (κ2) is 5.23. The number of halogens is 2. The van der Waals surface area contributed by atoms with Gasteiger partial charge < -0.3 is 9.73 Å². The van der Waals surface area contributed by atoms with Gasteiger partial charge in [0.15, 0.2) is 5.58 Å². The molecule has 0 fully saturated rings. The number of benzene rings is 1. The van der Waals surface area contributed by atoms with Crippen LogP contribution in [0.15, 0.2) is 47.0 Å². The molecule has 3 rings (SSSR count). The number of para-hydroxylation sites is 1. The fourth-order valence-corrected chi connectivity index (χ4v) is 2.40. The molecule has 0 saturated carbocycles. The Hall–Kier alpha value is -1.91. The van der Waals surface area contributed by atoms with Crippen LogP contribution in [-0.2, 0) is 0 Å². The number of pyridine rings is 1. The molecule has 2 heterocycles. The Labute approximate surface area is 120 Å². The minimum atomic E-state index is -0.365. The molecule has 20 heavy (non-hydrogen) atoms. The summed E-state index contributed by atoms with van der Waals surface area (Å²) in [5, 5.41) is 4.60. The lowest BCUT2D eigenvalue weighted by Gasteiger charge is -2.12. The third kappa shape index (κ3) is 2.28. The van der Waals surface area contributed by atoms with E-state index in [1.54, 1.807) is 19.2 Å². The maximum atomic E-state index is 13.0. The zero-order chi connectivity index (χ0) is 14.1. The van der Waals surface area contributed by atoms with Crippen molar-refractivity contribution in [2.75, 3.05) is 7.05 Å². The van der Waals surface area contributed by atoms with Crippen LogP contribution >= 0.6 is 11.6 Å². The normalized spacial score (nSPS) is 12.8. The molecular weight excluding hydrogens is 279 g/mol. The van der Waals surface area contributed by atoms with Crippen molar-refractivity contribution in [1.29, 1.82) is 0 Å². The first-order valence-corrected chi connectivity index (χ1v) is 6.53. The number of nitrogens with one attached hydrogen (secondary N) is 1. The highest BCUT2D eigenvalue weighted by molar-refractivity contribution is 6.34. The predicted octanol–water partition coefficient (Wildman–Crippen LogP) is 3.93. The molecule has 1 N–H and O–H groups in total. The molecule has 1 aromatic carbocycles. The lowest BCUT2D eigenvalue weighted by molar-refractivity contribution is 0.484. The van der Waals surface area contributed by atoms with Gasteiger partial charge >= 0.3 is 0 Å². The summed E-state index contributed by atoms with van der Waals surface area (Å²) in [6.45, 7) is 0. The van der Waals surface area contributed by atoms with E-state index in [-0.39, 0.29) is 11.9 Å². The molecule has 3 aromatic rings. The molecule has 1 atom stereocenters. The summed E-state index contributed by atoms with van der Waals surface area (Å²) in [6, 6.07) is 10.2.